The molecule has 0 heterocycles. The van der Waals surface area contributed by atoms with E-state index >= 15 is 0 Å². The van der Waals surface area contributed by atoms with Gasteiger partial charge in [0.15, 0.2) is 0 Å². The molecule has 0 radical (unpaired) electrons. The fourth-order valence-corrected chi connectivity index (χ4v) is 2.38. The lowest BCUT2D eigenvalue weighted by atomic mass is 10.1. The van der Waals surface area contributed by atoms with Crippen LogP contribution in [0.15, 0.2) is 30.3 Å². The zero-order chi connectivity index (χ0) is 15.8. The Morgan fingerprint density at radius 2 is 1.71 bits per heavy atom. The Balaban J connectivity index is 2.55. The standard InChI is InChI=1S/C17H27NO3/c1-13(2)18(14(3)4)17(20)21-16(12-19)11-10-15-8-6-5-7-9-15/h5-9,13-14,16,19H,10-12H2,1-4H3/t16-/m0/s1. The summed E-state index contributed by atoms with van der Waals surface area (Å²) in [5.41, 5.74) is 1.18. The highest BCUT2D eigenvalue weighted by atomic mass is 16.6. The fourth-order valence-electron chi connectivity index (χ4n) is 2.38. The molecule has 0 saturated heterocycles. The molecule has 0 aliphatic rings. The first-order valence-corrected chi connectivity index (χ1v) is 7.59. The van der Waals surface area contributed by atoms with Crippen molar-refractivity contribution in [2.45, 2.75) is 58.7 Å². The smallest absolute Gasteiger partial charge is 0.410 e. The summed E-state index contributed by atoms with van der Waals surface area (Å²) in [5.74, 6) is 0. The number of hydrogen-bond acceptors (Lipinski definition) is 3. The number of benzene rings is 1. The number of aliphatic hydroxyl groups excluding tert-OH is 1. The molecule has 1 N–H and O–H groups in total. The van der Waals surface area contributed by atoms with Gasteiger partial charge in [-0.3, -0.25) is 0 Å². The predicted octanol–water partition coefficient (Wildman–Crippen LogP) is 3.24. The molecular formula is C17H27NO3. The van der Waals surface area contributed by atoms with E-state index in [9.17, 15) is 9.90 Å². The second-order valence-corrected chi connectivity index (χ2v) is 5.81. The minimum Gasteiger partial charge on any atom is -0.444 e. The van der Waals surface area contributed by atoms with Crippen LogP contribution < -0.4 is 0 Å². The average molecular weight is 293 g/mol. The normalized spacial score (nSPS) is 12.5. The summed E-state index contributed by atoms with van der Waals surface area (Å²) in [5, 5.41) is 9.42. The van der Waals surface area contributed by atoms with Crippen molar-refractivity contribution in [3.8, 4) is 0 Å². The molecule has 0 aliphatic carbocycles. The molecule has 21 heavy (non-hydrogen) atoms. The van der Waals surface area contributed by atoms with Crippen LogP contribution in [0.1, 0.15) is 39.7 Å². The maximum absolute atomic E-state index is 12.2. The highest BCUT2D eigenvalue weighted by Crippen LogP contribution is 2.12. The summed E-state index contributed by atoms with van der Waals surface area (Å²) in [6, 6.07) is 10.1. The third-order valence-corrected chi connectivity index (χ3v) is 3.39. The topological polar surface area (TPSA) is 49.8 Å². The zero-order valence-electron chi connectivity index (χ0n) is 13.5. The van der Waals surface area contributed by atoms with E-state index in [1.165, 1.54) is 5.56 Å². The van der Waals surface area contributed by atoms with Gasteiger partial charge in [0.25, 0.3) is 0 Å². The Kier molecular flexibility index (Phi) is 7.23. The van der Waals surface area contributed by atoms with E-state index in [1.807, 2.05) is 58.0 Å². The van der Waals surface area contributed by atoms with Gasteiger partial charge in [-0.1, -0.05) is 30.3 Å². The number of carbonyl (C=O) groups excluding carboxylic acids is 1. The quantitative estimate of drug-likeness (QED) is 0.839. The molecule has 1 atom stereocenters. The Morgan fingerprint density at radius 1 is 1.14 bits per heavy atom. The van der Waals surface area contributed by atoms with Crippen LogP contribution in [0.4, 0.5) is 4.79 Å². The molecule has 0 unspecified atom stereocenters. The summed E-state index contributed by atoms with van der Waals surface area (Å²) in [6.07, 6.45) is 0.587. The molecule has 1 aromatic rings. The Hall–Kier alpha value is -1.55. The summed E-state index contributed by atoms with van der Waals surface area (Å²) in [6.45, 7) is 7.68. The first-order valence-electron chi connectivity index (χ1n) is 7.59. The van der Waals surface area contributed by atoms with Crippen molar-refractivity contribution in [1.82, 2.24) is 4.90 Å². The van der Waals surface area contributed by atoms with Crippen molar-refractivity contribution >= 4 is 6.09 Å². The van der Waals surface area contributed by atoms with Gasteiger partial charge in [-0.15, -0.1) is 0 Å². The molecular weight excluding hydrogens is 266 g/mol. The van der Waals surface area contributed by atoms with Crippen molar-refractivity contribution in [2.75, 3.05) is 6.61 Å². The monoisotopic (exact) mass is 293 g/mol. The van der Waals surface area contributed by atoms with Gasteiger partial charge in [-0.2, -0.15) is 0 Å². The van der Waals surface area contributed by atoms with E-state index in [-0.39, 0.29) is 24.8 Å². The van der Waals surface area contributed by atoms with Gasteiger partial charge < -0.3 is 14.7 Å². The van der Waals surface area contributed by atoms with E-state index in [2.05, 4.69) is 0 Å². The molecule has 1 amide bonds. The van der Waals surface area contributed by atoms with Crippen molar-refractivity contribution < 1.29 is 14.6 Å². The Labute approximate surface area is 127 Å². The highest BCUT2D eigenvalue weighted by Gasteiger charge is 2.24. The van der Waals surface area contributed by atoms with Gasteiger partial charge in [0, 0.05) is 12.1 Å². The number of aryl methyl sites for hydroxylation is 1. The van der Waals surface area contributed by atoms with Gasteiger partial charge in [0.05, 0.1) is 6.61 Å². The van der Waals surface area contributed by atoms with Gasteiger partial charge in [0.2, 0.25) is 0 Å². The first kappa shape index (κ1) is 17.5. The molecule has 0 aliphatic heterocycles. The fraction of sp³-hybridized carbons (Fsp3) is 0.588. The van der Waals surface area contributed by atoms with Crippen LogP contribution >= 0.6 is 0 Å². The van der Waals surface area contributed by atoms with E-state index in [4.69, 9.17) is 4.74 Å². The average Bonchev–Trinajstić information content (AvgIpc) is 2.43. The second-order valence-electron chi connectivity index (χ2n) is 5.81. The van der Waals surface area contributed by atoms with Gasteiger partial charge in [-0.05, 0) is 46.1 Å². The molecule has 1 aromatic carbocycles. The van der Waals surface area contributed by atoms with Crippen LogP contribution in [0.3, 0.4) is 0 Å². The molecule has 4 nitrogen and oxygen atoms in total. The van der Waals surface area contributed by atoms with Crippen LogP contribution in [0, 0.1) is 0 Å². The van der Waals surface area contributed by atoms with Gasteiger partial charge in [-0.25, -0.2) is 4.79 Å². The Bertz CT molecular complexity index is 409. The number of rotatable bonds is 7. The third-order valence-electron chi connectivity index (χ3n) is 3.39. The summed E-state index contributed by atoms with van der Waals surface area (Å²) >= 11 is 0. The second kappa shape index (κ2) is 8.67. The van der Waals surface area contributed by atoms with Gasteiger partial charge >= 0.3 is 6.09 Å². The molecule has 0 fully saturated rings. The van der Waals surface area contributed by atoms with Crippen LogP contribution in [0.2, 0.25) is 0 Å². The number of carbonyl (C=O) groups is 1. The zero-order valence-corrected chi connectivity index (χ0v) is 13.5. The summed E-state index contributed by atoms with van der Waals surface area (Å²) in [7, 11) is 0. The van der Waals surface area contributed by atoms with E-state index in [1.54, 1.807) is 4.90 Å². The molecule has 0 bridgehead atoms. The van der Waals surface area contributed by atoms with Crippen LogP contribution in [0.25, 0.3) is 0 Å². The number of nitrogens with zero attached hydrogens (tertiary/aromatic N) is 1. The summed E-state index contributed by atoms with van der Waals surface area (Å²) < 4.78 is 5.44. The molecule has 1 rings (SSSR count). The lowest BCUT2D eigenvalue weighted by Crippen LogP contribution is -2.44. The Morgan fingerprint density at radius 3 is 2.19 bits per heavy atom. The largest absolute Gasteiger partial charge is 0.444 e. The highest BCUT2D eigenvalue weighted by molar-refractivity contribution is 5.68. The first-order chi connectivity index (χ1) is 9.95. The number of aliphatic hydroxyl groups is 1. The maximum Gasteiger partial charge on any atom is 0.410 e. The minimum absolute atomic E-state index is 0.0750. The SMILES string of the molecule is CC(C)N(C(=O)O[C@H](CO)CCc1ccccc1)C(C)C. The number of amides is 1. The van der Waals surface area contributed by atoms with Crippen molar-refractivity contribution in [3.63, 3.8) is 0 Å². The van der Waals surface area contributed by atoms with E-state index < -0.39 is 6.10 Å². The van der Waals surface area contributed by atoms with Crippen molar-refractivity contribution in [3.05, 3.63) is 35.9 Å². The predicted molar refractivity (Wildman–Crippen MR) is 84.2 cm³/mol. The lowest BCUT2D eigenvalue weighted by Gasteiger charge is -2.31. The van der Waals surface area contributed by atoms with Gasteiger partial charge in [0.1, 0.15) is 6.10 Å². The molecule has 118 valence electrons. The van der Waals surface area contributed by atoms with E-state index in [0.717, 1.165) is 6.42 Å². The maximum atomic E-state index is 12.2. The van der Waals surface area contributed by atoms with Crippen LogP contribution in [0.5, 0.6) is 0 Å². The molecule has 0 aromatic heterocycles. The molecule has 0 spiro atoms. The van der Waals surface area contributed by atoms with Crippen molar-refractivity contribution in [1.29, 1.82) is 0 Å². The number of hydrogen-bond donors (Lipinski definition) is 1. The lowest BCUT2D eigenvalue weighted by molar-refractivity contribution is 0.0177. The van der Waals surface area contributed by atoms with E-state index in [0.29, 0.717) is 6.42 Å². The van der Waals surface area contributed by atoms with Crippen LogP contribution in [-0.2, 0) is 11.2 Å². The minimum atomic E-state index is -0.460. The third kappa shape index (κ3) is 5.76. The summed E-state index contributed by atoms with van der Waals surface area (Å²) in [4.78, 5) is 13.9. The molecule has 0 saturated carbocycles. The molecule has 4 heteroatoms. The van der Waals surface area contributed by atoms with Crippen molar-refractivity contribution in [2.24, 2.45) is 0 Å². The number of ether oxygens (including phenoxy) is 1. The van der Waals surface area contributed by atoms with Crippen LogP contribution in [-0.4, -0.2) is 40.9 Å².